The Bertz CT molecular complexity index is 886. The molecule has 7 nitrogen and oxygen atoms in total. The second-order valence-corrected chi connectivity index (χ2v) is 8.43. The number of aryl methyl sites for hydroxylation is 1. The lowest BCUT2D eigenvalue weighted by molar-refractivity contribution is -0.136. The second-order valence-electron chi connectivity index (χ2n) is 6.46. The first-order chi connectivity index (χ1) is 13.4. The Balaban J connectivity index is 1.74. The number of aromatic nitrogens is 1. The summed E-state index contributed by atoms with van der Waals surface area (Å²) >= 11 is 4.35. The number of anilines is 1. The number of amides is 2. The normalized spacial score (nSPS) is 17.4. The average molecular weight is 471 g/mol. The Kier molecular flexibility index (Phi) is 6.76. The number of benzene rings is 1. The minimum atomic E-state index is -0.889. The minimum absolute atomic E-state index is 0.0565. The first-order valence-corrected chi connectivity index (χ1v) is 10.4. The summed E-state index contributed by atoms with van der Waals surface area (Å²) in [6.07, 6.45) is 1.79. The zero-order valence-electron chi connectivity index (χ0n) is 15.1. The first kappa shape index (κ1) is 20.8. The molecule has 0 radical (unpaired) electrons. The summed E-state index contributed by atoms with van der Waals surface area (Å²) in [5, 5.41) is 18.5. The topological polar surface area (TPSA) is 103 Å². The van der Waals surface area contributed by atoms with E-state index >= 15 is 0 Å². The summed E-state index contributed by atoms with van der Waals surface area (Å²) in [6.45, 7) is 2.48. The van der Waals surface area contributed by atoms with Gasteiger partial charge in [0.05, 0.1) is 27.7 Å². The number of halogens is 2. The van der Waals surface area contributed by atoms with Gasteiger partial charge in [-0.3, -0.25) is 9.59 Å². The van der Waals surface area contributed by atoms with Crippen molar-refractivity contribution in [3.8, 4) is 0 Å². The number of thiazole rings is 1. The number of hydrogen-bond acceptors (Lipinski definition) is 6. The maximum absolute atomic E-state index is 13.6. The Morgan fingerprint density at radius 1 is 1.46 bits per heavy atom. The van der Waals surface area contributed by atoms with Crippen LogP contribution in [-0.4, -0.2) is 34.5 Å². The minimum Gasteiger partial charge on any atom is -0.391 e. The highest BCUT2D eigenvalue weighted by Gasteiger charge is 2.32. The summed E-state index contributed by atoms with van der Waals surface area (Å²) in [7, 11) is 0. The fourth-order valence-electron chi connectivity index (χ4n) is 3.03. The first-order valence-electron chi connectivity index (χ1n) is 8.76. The molecule has 150 valence electrons. The van der Waals surface area contributed by atoms with E-state index in [9.17, 15) is 19.1 Å². The predicted octanol–water partition coefficient (Wildman–Crippen LogP) is 2.39. The van der Waals surface area contributed by atoms with Crippen LogP contribution in [0.1, 0.15) is 34.5 Å². The number of carbonyl (C=O) groups is 2. The highest BCUT2D eigenvalue weighted by molar-refractivity contribution is 9.10. The van der Waals surface area contributed by atoms with Gasteiger partial charge in [0.2, 0.25) is 0 Å². The van der Waals surface area contributed by atoms with Crippen LogP contribution in [0.15, 0.2) is 22.7 Å². The Labute approximate surface area is 173 Å². The van der Waals surface area contributed by atoms with Crippen molar-refractivity contribution in [3.63, 3.8) is 0 Å². The molecule has 2 amide bonds. The van der Waals surface area contributed by atoms with E-state index in [-0.39, 0.29) is 22.8 Å². The van der Waals surface area contributed by atoms with E-state index in [0.717, 1.165) is 30.3 Å². The van der Waals surface area contributed by atoms with Gasteiger partial charge in [-0.15, -0.1) is 11.3 Å². The summed E-state index contributed by atoms with van der Waals surface area (Å²) in [6, 6.07) is 3.52. The quantitative estimate of drug-likeness (QED) is 0.502. The van der Waals surface area contributed by atoms with Gasteiger partial charge in [0.1, 0.15) is 10.8 Å². The monoisotopic (exact) mass is 470 g/mol. The fraction of sp³-hybridized carbons (Fsp3) is 0.389. The molecule has 4 N–H and O–H groups in total. The van der Waals surface area contributed by atoms with E-state index in [1.54, 1.807) is 6.92 Å². The van der Waals surface area contributed by atoms with Gasteiger partial charge in [-0.05, 0) is 60.4 Å². The zero-order valence-corrected chi connectivity index (χ0v) is 17.5. The van der Waals surface area contributed by atoms with Crippen LogP contribution in [0.3, 0.4) is 0 Å². The lowest BCUT2D eigenvalue weighted by atomic mass is 10.1. The van der Waals surface area contributed by atoms with Crippen LogP contribution in [0.2, 0.25) is 0 Å². The molecule has 0 saturated carbocycles. The van der Waals surface area contributed by atoms with Crippen LogP contribution >= 0.6 is 27.3 Å². The molecule has 10 heteroatoms. The molecule has 1 aromatic carbocycles. The molecule has 1 aliphatic rings. The maximum Gasteiger partial charge on any atom is 0.313 e. The van der Waals surface area contributed by atoms with Gasteiger partial charge >= 0.3 is 11.8 Å². The molecule has 3 rings (SSSR count). The average Bonchev–Trinajstić information content (AvgIpc) is 3.32. The van der Waals surface area contributed by atoms with E-state index < -0.39 is 23.7 Å². The largest absolute Gasteiger partial charge is 0.391 e. The lowest BCUT2D eigenvalue weighted by Gasteiger charge is -2.23. The van der Waals surface area contributed by atoms with Crippen molar-refractivity contribution in [1.29, 1.82) is 0 Å². The zero-order chi connectivity index (χ0) is 20.3. The molecule has 0 spiro atoms. The van der Waals surface area contributed by atoms with E-state index in [2.05, 4.69) is 36.9 Å². The molecule has 28 heavy (non-hydrogen) atoms. The van der Waals surface area contributed by atoms with Crippen LogP contribution in [0.4, 0.5) is 10.1 Å². The number of aliphatic hydroxyl groups is 1. The van der Waals surface area contributed by atoms with E-state index in [1.807, 2.05) is 0 Å². The molecule has 1 fully saturated rings. The van der Waals surface area contributed by atoms with E-state index in [1.165, 1.54) is 23.5 Å². The van der Waals surface area contributed by atoms with Crippen molar-refractivity contribution in [3.05, 3.63) is 44.1 Å². The van der Waals surface area contributed by atoms with Gasteiger partial charge in [0.25, 0.3) is 0 Å². The van der Waals surface area contributed by atoms with Crippen molar-refractivity contribution in [2.45, 2.75) is 38.5 Å². The second kappa shape index (κ2) is 9.08. The predicted molar refractivity (Wildman–Crippen MR) is 107 cm³/mol. The van der Waals surface area contributed by atoms with Gasteiger partial charge in [-0.2, -0.15) is 0 Å². The van der Waals surface area contributed by atoms with Crippen LogP contribution in [0.25, 0.3) is 0 Å². The van der Waals surface area contributed by atoms with Gasteiger partial charge in [-0.1, -0.05) is 0 Å². The smallest absolute Gasteiger partial charge is 0.313 e. The van der Waals surface area contributed by atoms with Crippen molar-refractivity contribution >= 4 is 44.8 Å². The Hall–Kier alpha value is -1.88. The van der Waals surface area contributed by atoms with Gasteiger partial charge < -0.3 is 21.1 Å². The molecule has 1 saturated heterocycles. The molecule has 2 heterocycles. The van der Waals surface area contributed by atoms with Gasteiger partial charge in [0.15, 0.2) is 0 Å². The number of carbonyl (C=O) groups excluding carboxylic acids is 2. The molecule has 1 aliphatic heterocycles. The molecule has 2 atom stereocenters. The number of rotatable bonds is 5. The third kappa shape index (κ3) is 4.75. The number of nitrogens with zero attached hydrogens (tertiary/aromatic N) is 1. The van der Waals surface area contributed by atoms with Crippen molar-refractivity contribution in [1.82, 2.24) is 15.6 Å². The lowest BCUT2D eigenvalue weighted by Crippen LogP contribution is -2.44. The number of aliphatic hydroxyl groups excluding tert-OH is 1. The summed E-state index contributed by atoms with van der Waals surface area (Å²) in [5.74, 6) is -2.26. The molecular formula is C18H20BrFN4O3S. The van der Waals surface area contributed by atoms with Crippen molar-refractivity contribution in [2.75, 3.05) is 11.9 Å². The van der Waals surface area contributed by atoms with Crippen molar-refractivity contribution in [2.24, 2.45) is 0 Å². The number of nitrogens with one attached hydrogen (secondary N) is 3. The SMILES string of the molecule is Cc1nc(C(NC(=O)C(=O)Nc2ccc(Br)c(F)c2)C2CCCN2)sc1CO. The van der Waals surface area contributed by atoms with Crippen LogP contribution in [0.5, 0.6) is 0 Å². The molecule has 2 unspecified atom stereocenters. The summed E-state index contributed by atoms with van der Waals surface area (Å²) in [4.78, 5) is 29.9. The third-order valence-corrected chi connectivity index (χ3v) is 6.36. The van der Waals surface area contributed by atoms with Gasteiger partial charge in [0, 0.05) is 11.7 Å². The summed E-state index contributed by atoms with van der Waals surface area (Å²) < 4.78 is 13.9. The standard InChI is InChI=1S/C18H20BrFN4O3S/c1-9-14(8-25)28-18(22-9)15(13-3-2-6-21-13)24-17(27)16(26)23-10-4-5-11(19)12(20)7-10/h4-5,7,13,15,21,25H,2-3,6,8H2,1H3,(H,23,26)(H,24,27). The van der Waals surface area contributed by atoms with E-state index in [0.29, 0.717) is 10.7 Å². The molecule has 2 aromatic rings. The molecule has 0 bridgehead atoms. The van der Waals surface area contributed by atoms with Crippen LogP contribution in [0, 0.1) is 12.7 Å². The fourth-order valence-corrected chi connectivity index (χ4v) is 4.32. The van der Waals surface area contributed by atoms with Crippen LogP contribution in [-0.2, 0) is 16.2 Å². The highest BCUT2D eigenvalue weighted by Crippen LogP contribution is 2.29. The molecule has 0 aliphatic carbocycles. The molecular weight excluding hydrogens is 451 g/mol. The van der Waals surface area contributed by atoms with E-state index in [4.69, 9.17) is 0 Å². The van der Waals surface area contributed by atoms with Crippen molar-refractivity contribution < 1.29 is 19.1 Å². The van der Waals surface area contributed by atoms with Crippen LogP contribution < -0.4 is 16.0 Å². The number of hydrogen-bond donors (Lipinski definition) is 4. The maximum atomic E-state index is 13.6. The summed E-state index contributed by atoms with van der Waals surface area (Å²) in [5.41, 5.74) is 0.888. The Morgan fingerprint density at radius 2 is 2.25 bits per heavy atom. The van der Waals surface area contributed by atoms with Gasteiger partial charge in [-0.25, -0.2) is 9.37 Å². The molecule has 1 aromatic heterocycles. The third-order valence-electron chi connectivity index (χ3n) is 4.49. The Morgan fingerprint density at radius 3 is 2.86 bits per heavy atom. The highest BCUT2D eigenvalue weighted by atomic mass is 79.9.